The van der Waals surface area contributed by atoms with Crippen LogP contribution in [0.4, 0.5) is 0 Å². The minimum absolute atomic E-state index is 0.0878. The zero-order valence-corrected chi connectivity index (χ0v) is 12.0. The summed E-state index contributed by atoms with van der Waals surface area (Å²) < 4.78 is 5.51. The van der Waals surface area contributed by atoms with Gasteiger partial charge in [-0.15, -0.1) is 10.2 Å². The second-order valence-corrected chi connectivity index (χ2v) is 5.67. The summed E-state index contributed by atoms with van der Waals surface area (Å²) in [5.74, 6) is 0.863. The van der Waals surface area contributed by atoms with Gasteiger partial charge in [0.25, 0.3) is 0 Å². The largest absolute Gasteiger partial charge is 0.422 e. The lowest BCUT2D eigenvalue weighted by Gasteiger charge is -2.11. The Labute approximate surface area is 117 Å². The Bertz CT molecular complexity index is 543. The lowest BCUT2D eigenvalue weighted by Crippen LogP contribution is -2.15. The normalized spacial score (nSPS) is 13.5. The van der Waals surface area contributed by atoms with Crippen LogP contribution in [0.5, 0.6) is 0 Å². The van der Waals surface area contributed by atoms with E-state index in [-0.39, 0.29) is 11.8 Å². The fourth-order valence-corrected chi connectivity index (χ4v) is 1.87. The summed E-state index contributed by atoms with van der Waals surface area (Å²) in [5.41, 5.74) is 0.0468. The zero-order valence-electron chi connectivity index (χ0n) is 11.2. The Morgan fingerprint density at radius 2 is 1.89 bits per heavy atom. The number of rotatable bonds is 4. The van der Waals surface area contributed by atoms with Crippen molar-refractivity contribution >= 4 is 11.6 Å². The van der Waals surface area contributed by atoms with Crippen molar-refractivity contribution in [3.05, 3.63) is 46.6 Å². The van der Waals surface area contributed by atoms with Gasteiger partial charge in [-0.25, -0.2) is 0 Å². The lowest BCUT2D eigenvalue weighted by molar-refractivity contribution is 0.0467. The number of hydrogen-bond acceptors (Lipinski definition) is 4. The first kappa shape index (κ1) is 14.0. The Morgan fingerprint density at radius 1 is 1.26 bits per heavy atom. The predicted octanol–water partition coefficient (Wildman–Crippen LogP) is 3.30. The van der Waals surface area contributed by atoms with Crippen LogP contribution in [0.1, 0.15) is 44.0 Å². The average Bonchev–Trinajstić information content (AvgIpc) is 2.81. The van der Waals surface area contributed by atoms with E-state index in [1.165, 1.54) is 0 Å². The highest BCUT2D eigenvalue weighted by Crippen LogP contribution is 2.24. The molecule has 1 N–H and O–H groups in total. The molecule has 0 saturated carbocycles. The number of halogens is 1. The van der Waals surface area contributed by atoms with Crippen LogP contribution in [-0.4, -0.2) is 15.3 Å². The molecule has 19 heavy (non-hydrogen) atoms. The molecule has 0 radical (unpaired) electrons. The molecule has 1 aromatic heterocycles. The third kappa shape index (κ3) is 3.55. The van der Waals surface area contributed by atoms with Crippen LogP contribution in [-0.2, 0) is 12.0 Å². The van der Waals surface area contributed by atoms with E-state index in [9.17, 15) is 5.11 Å². The molecule has 1 aromatic carbocycles. The molecule has 5 heteroatoms. The van der Waals surface area contributed by atoms with Gasteiger partial charge in [-0.1, -0.05) is 30.7 Å². The summed E-state index contributed by atoms with van der Waals surface area (Å²) in [5, 5.41) is 18.4. The molecular formula is C14H17ClN2O2. The molecule has 2 rings (SSSR count). The summed E-state index contributed by atoms with van der Waals surface area (Å²) in [4.78, 5) is 0. The van der Waals surface area contributed by atoms with Crippen molar-refractivity contribution in [1.82, 2.24) is 10.2 Å². The smallest absolute Gasteiger partial charge is 0.247 e. The predicted molar refractivity (Wildman–Crippen MR) is 73.1 cm³/mol. The molecule has 2 aromatic rings. The fraction of sp³-hybridized carbons (Fsp3) is 0.429. The first-order chi connectivity index (χ1) is 8.86. The van der Waals surface area contributed by atoms with Crippen LogP contribution < -0.4 is 0 Å². The van der Waals surface area contributed by atoms with Gasteiger partial charge >= 0.3 is 0 Å². The number of benzene rings is 1. The minimum Gasteiger partial charge on any atom is -0.422 e. The van der Waals surface area contributed by atoms with Crippen molar-refractivity contribution in [3.8, 4) is 0 Å². The van der Waals surface area contributed by atoms with Crippen molar-refractivity contribution in [2.24, 2.45) is 0 Å². The molecular weight excluding hydrogens is 264 g/mol. The van der Waals surface area contributed by atoms with E-state index < -0.39 is 5.60 Å². The topological polar surface area (TPSA) is 59.2 Å². The maximum Gasteiger partial charge on any atom is 0.247 e. The van der Waals surface area contributed by atoms with Crippen molar-refractivity contribution < 1.29 is 9.52 Å². The van der Waals surface area contributed by atoms with Crippen LogP contribution in [0.2, 0.25) is 5.02 Å². The molecule has 0 unspecified atom stereocenters. The highest BCUT2D eigenvalue weighted by Gasteiger charge is 2.25. The molecule has 4 nitrogen and oxygen atoms in total. The van der Waals surface area contributed by atoms with E-state index in [1.54, 1.807) is 13.8 Å². The van der Waals surface area contributed by atoms with Gasteiger partial charge in [0.15, 0.2) is 0 Å². The third-order valence-corrected chi connectivity index (χ3v) is 3.09. The Hall–Kier alpha value is -1.39. The lowest BCUT2D eigenvalue weighted by atomic mass is 10.0. The van der Waals surface area contributed by atoms with Crippen LogP contribution >= 0.6 is 11.6 Å². The van der Waals surface area contributed by atoms with Gasteiger partial charge in [0.05, 0.1) is 0 Å². The van der Waals surface area contributed by atoms with Crippen molar-refractivity contribution in [2.45, 2.75) is 38.7 Å². The summed E-state index contributed by atoms with van der Waals surface area (Å²) >= 11 is 5.85. The summed E-state index contributed by atoms with van der Waals surface area (Å²) in [6, 6.07) is 7.68. The molecule has 102 valence electrons. The van der Waals surface area contributed by atoms with Crippen LogP contribution in [0.15, 0.2) is 28.7 Å². The van der Waals surface area contributed by atoms with E-state index in [0.29, 0.717) is 5.89 Å². The number of aliphatic hydroxyl groups is 1. The molecule has 0 spiro atoms. The molecule has 0 bridgehead atoms. The fourth-order valence-electron chi connectivity index (χ4n) is 1.74. The average molecular weight is 281 g/mol. The monoisotopic (exact) mass is 280 g/mol. The number of aromatic nitrogens is 2. The second kappa shape index (κ2) is 5.31. The van der Waals surface area contributed by atoms with Crippen molar-refractivity contribution in [3.63, 3.8) is 0 Å². The summed E-state index contributed by atoms with van der Waals surface area (Å²) in [6.07, 6.45) is 0.782. The summed E-state index contributed by atoms with van der Waals surface area (Å²) in [7, 11) is 0. The zero-order chi connectivity index (χ0) is 14.0. The van der Waals surface area contributed by atoms with Gasteiger partial charge in [0.2, 0.25) is 11.8 Å². The van der Waals surface area contributed by atoms with Gasteiger partial charge in [-0.2, -0.15) is 0 Å². The van der Waals surface area contributed by atoms with Gasteiger partial charge in [0.1, 0.15) is 5.60 Å². The van der Waals surface area contributed by atoms with E-state index in [1.807, 2.05) is 31.2 Å². The number of nitrogens with zero attached hydrogens (tertiary/aromatic N) is 2. The van der Waals surface area contributed by atoms with E-state index in [4.69, 9.17) is 16.0 Å². The van der Waals surface area contributed by atoms with Gasteiger partial charge in [-0.05, 0) is 38.0 Å². The van der Waals surface area contributed by atoms with Crippen LogP contribution in [0.25, 0.3) is 0 Å². The van der Waals surface area contributed by atoms with Crippen LogP contribution in [0, 0.1) is 0 Å². The SMILES string of the molecule is C[C@@H](Cc1ccc(Cl)cc1)c1nnc(C(C)(C)O)o1. The molecule has 0 fully saturated rings. The maximum absolute atomic E-state index is 9.79. The Kier molecular flexibility index (Phi) is 3.92. The molecule has 0 aliphatic rings. The Balaban J connectivity index is 2.09. The van der Waals surface area contributed by atoms with Crippen LogP contribution in [0.3, 0.4) is 0 Å². The maximum atomic E-state index is 9.79. The second-order valence-electron chi connectivity index (χ2n) is 5.24. The minimum atomic E-state index is -1.11. The Morgan fingerprint density at radius 3 is 2.42 bits per heavy atom. The number of hydrogen-bond donors (Lipinski definition) is 1. The first-order valence-corrected chi connectivity index (χ1v) is 6.55. The molecule has 0 aliphatic carbocycles. The van der Waals surface area contributed by atoms with Crippen molar-refractivity contribution in [2.75, 3.05) is 0 Å². The summed E-state index contributed by atoms with van der Waals surface area (Å²) in [6.45, 7) is 5.25. The molecule has 0 aliphatic heterocycles. The highest BCUT2D eigenvalue weighted by atomic mass is 35.5. The molecule has 0 amide bonds. The molecule has 1 atom stereocenters. The quantitative estimate of drug-likeness (QED) is 0.933. The van der Waals surface area contributed by atoms with Gasteiger partial charge < -0.3 is 9.52 Å². The molecule has 0 saturated heterocycles. The van der Waals surface area contributed by atoms with Crippen molar-refractivity contribution in [1.29, 1.82) is 0 Å². The van der Waals surface area contributed by atoms with E-state index in [0.717, 1.165) is 17.0 Å². The third-order valence-electron chi connectivity index (χ3n) is 2.84. The van der Waals surface area contributed by atoms with Gasteiger partial charge in [-0.3, -0.25) is 0 Å². The standard InChI is InChI=1S/C14H17ClN2O2/c1-9(8-10-4-6-11(15)7-5-10)12-16-17-13(19-12)14(2,3)18/h4-7,9,18H,8H2,1-3H3/t9-/m0/s1. The molecule has 1 heterocycles. The van der Waals surface area contributed by atoms with Gasteiger partial charge in [0, 0.05) is 10.9 Å². The van der Waals surface area contributed by atoms with E-state index >= 15 is 0 Å². The van der Waals surface area contributed by atoms with E-state index in [2.05, 4.69) is 10.2 Å². The first-order valence-electron chi connectivity index (χ1n) is 6.17. The highest BCUT2D eigenvalue weighted by molar-refractivity contribution is 6.30.